The van der Waals surface area contributed by atoms with E-state index in [0.29, 0.717) is 10.7 Å². The van der Waals surface area contributed by atoms with E-state index in [0.717, 1.165) is 29.2 Å². The summed E-state index contributed by atoms with van der Waals surface area (Å²) >= 11 is 5.86. The number of hydrogen-bond donors (Lipinski definition) is 1. The van der Waals surface area contributed by atoms with Crippen LogP contribution < -0.4 is 10.2 Å². The molecule has 1 fully saturated rings. The highest BCUT2D eigenvalue weighted by molar-refractivity contribution is 7.80. The highest BCUT2D eigenvalue weighted by atomic mass is 32.1. The molecule has 0 saturated carbocycles. The van der Waals surface area contributed by atoms with Crippen LogP contribution in [0.15, 0.2) is 72.9 Å². The van der Waals surface area contributed by atoms with Crippen LogP contribution in [-0.4, -0.2) is 14.7 Å². The van der Waals surface area contributed by atoms with Crippen LogP contribution in [0.1, 0.15) is 52.8 Å². The Hall–Kier alpha value is -3.51. The third-order valence-electron chi connectivity index (χ3n) is 6.92. The van der Waals surface area contributed by atoms with Crippen molar-refractivity contribution in [1.82, 2.24) is 14.9 Å². The van der Waals surface area contributed by atoms with Gasteiger partial charge >= 0.3 is 0 Å². The monoisotopic (exact) mass is 484 g/mol. The number of nitrogens with zero attached hydrogens (tertiary/aromatic N) is 3. The van der Waals surface area contributed by atoms with Gasteiger partial charge in [0.25, 0.3) is 0 Å². The lowest BCUT2D eigenvalue weighted by Crippen LogP contribution is -2.29. The van der Waals surface area contributed by atoms with Gasteiger partial charge in [-0.15, -0.1) is 0 Å². The summed E-state index contributed by atoms with van der Waals surface area (Å²) in [4.78, 5) is 6.77. The van der Waals surface area contributed by atoms with Crippen LogP contribution in [0, 0.1) is 26.6 Å². The van der Waals surface area contributed by atoms with Crippen LogP contribution in [0.25, 0.3) is 5.69 Å². The Kier molecular flexibility index (Phi) is 6.15. The quantitative estimate of drug-likeness (QED) is 0.321. The molecule has 178 valence electrons. The number of para-hydroxylation sites is 1. The molecule has 1 N–H and O–H groups in total. The second-order valence-corrected chi connectivity index (χ2v) is 9.46. The number of hydrogen-bond acceptors (Lipinski definition) is 2. The molecule has 2 aromatic carbocycles. The molecule has 0 radical (unpaired) electrons. The van der Waals surface area contributed by atoms with E-state index in [1.807, 2.05) is 30.5 Å². The number of halogens is 1. The Morgan fingerprint density at radius 2 is 1.77 bits per heavy atom. The van der Waals surface area contributed by atoms with Gasteiger partial charge in [-0.1, -0.05) is 31.2 Å². The molecule has 6 heteroatoms. The van der Waals surface area contributed by atoms with Crippen molar-refractivity contribution < 1.29 is 4.39 Å². The number of aromatic nitrogens is 2. The fourth-order valence-corrected chi connectivity index (χ4v) is 5.56. The number of rotatable bonds is 5. The summed E-state index contributed by atoms with van der Waals surface area (Å²) in [6, 6.07) is 21.6. The van der Waals surface area contributed by atoms with Crippen molar-refractivity contribution >= 4 is 23.0 Å². The lowest BCUT2D eigenvalue weighted by Gasteiger charge is -2.28. The van der Waals surface area contributed by atoms with Gasteiger partial charge in [-0.3, -0.25) is 4.98 Å². The number of thiocarbonyl (C=S) groups is 1. The summed E-state index contributed by atoms with van der Waals surface area (Å²) in [6.45, 7) is 8.28. The maximum Gasteiger partial charge on any atom is 0.174 e. The van der Waals surface area contributed by atoms with Crippen LogP contribution in [0.3, 0.4) is 0 Å². The van der Waals surface area contributed by atoms with E-state index in [-0.39, 0.29) is 17.9 Å². The van der Waals surface area contributed by atoms with Crippen LogP contribution in [0.4, 0.5) is 10.1 Å². The summed E-state index contributed by atoms with van der Waals surface area (Å²) < 4.78 is 16.5. The fraction of sp³-hybridized carbons (Fsp3) is 0.241. The van der Waals surface area contributed by atoms with Gasteiger partial charge in [0.05, 0.1) is 17.8 Å². The molecule has 4 aromatic rings. The predicted octanol–water partition coefficient (Wildman–Crippen LogP) is 6.68. The van der Waals surface area contributed by atoms with Crippen molar-refractivity contribution in [2.75, 3.05) is 4.90 Å². The van der Waals surface area contributed by atoms with Crippen molar-refractivity contribution in [2.24, 2.45) is 0 Å². The molecule has 0 bridgehead atoms. The molecule has 35 heavy (non-hydrogen) atoms. The van der Waals surface area contributed by atoms with Crippen molar-refractivity contribution in [3.63, 3.8) is 0 Å². The molecule has 0 unspecified atom stereocenters. The van der Waals surface area contributed by atoms with Gasteiger partial charge < -0.3 is 14.8 Å². The first-order chi connectivity index (χ1) is 16.9. The molecule has 2 aromatic heterocycles. The largest absolute Gasteiger partial charge is 0.351 e. The van der Waals surface area contributed by atoms with Gasteiger partial charge in [-0.2, -0.15) is 0 Å². The van der Waals surface area contributed by atoms with Crippen LogP contribution in [-0.2, 0) is 6.42 Å². The van der Waals surface area contributed by atoms with E-state index in [4.69, 9.17) is 12.2 Å². The van der Waals surface area contributed by atoms with E-state index in [9.17, 15) is 4.39 Å². The molecule has 3 heterocycles. The van der Waals surface area contributed by atoms with Crippen molar-refractivity contribution in [2.45, 2.75) is 46.2 Å². The standard InChI is InChI=1S/C29H29FN4S/c1-5-21-10-6-7-12-26(21)33-19(3)17-23(20(33)4)28-27(25-11-8-9-15-31-25)32-29(35)34(28)22-13-14-24(30)18(2)16-22/h6-17,27-28H,5H2,1-4H3,(H,32,35)/t27-,28+/m1/s1. The third kappa shape index (κ3) is 4.02. The molecular formula is C29H29FN4S. The lowest BCUT2D eigenvalue weighted by molar-refractivity contribution is 0.564. The first-order valence-corrected chi connectivity index (χ1v) is 12.4. The SMILES string of the molecule is CCc1ccccc1-n1c(C)cc([C@H]2[C@@H](c3ccccn3)NC(=S)N2c2ccc(F)c(C)c2)c1C. The zero-order valence-corrected chi connectivity index (χ0v) is 21.2. The second kappa shape index (κ2) is 9.27. The van der Waals surface area contributed by atoms with E-state index < -0.39 is 0 Å². The second-order valence-electron chi connectivity index (χ2n) is 9.07. The minimum atomic E-state index is -0.223. The highest BCUT2D eigenvalue weighted by Gasteiger charge is 2.42. The zero-order valence-electron chi connectivity index (χ0n) is 20.4. The minimum Gasteiger partial charge on any atom is -0.351 e. The molecule has 5 rings (SSSR count). The minimum absolute atomic E-state index is 0.143. The normalized spacial score (nSPS) is 17.6. The van der Waals surface area contributed by atoms with E-state index in [1.165, 1.54) is 22.9 Å². The molecule has 1 saturated heterocycles. The van der Waals surface area contributed by atoms with Gasteiger partial charge in [-0.05, 0) is 98.6 Å². The van der Waals surface area contributed by atoms with Crippen molar-refractivity contribution in [3.8, 4) is 5.69 Å². The van der Waals surface area contributed by atoms with Crippen LogP contribution >= 0.6 is 12.2 Å². The summed E-state index contributed by atoms with van der Waals surface area (Å²) in [6.07, 6.45) is 2.76. The van der Waals surface area contributed by atoms with Crippen LogP contribution in [0.2, 0.25) is 0 Å². The summed E-state index contributed by atoms with van der Waals surface area (Å²) in [5.41, 5.74) is 8.35. The Morgan fingerprint density at radius 1 is 1.00 bits per heavy atom. The highest BCUT2D eigenvalue weighted by Crippen LogP contribution is 2.44. The summed E-state index contributed by atoms with van der Waals surface area (Å²) in [5, 5.41) is 4.12. The number of pyridine rings is 1. The number of benzene rings is 2. The Bertz CT molecular complexity index is 1400. The van der Waals surface area contributed by atoms with Gasteiger partial charge in [-0.25, -0.2) is 4.39 Å². The lowest BCUT2D eigenvalue weighted by atomic mass is 9.96. The number of anilines is 1. The van der Waals surface area contributed by atoms with Crippen molar-refractivity contribution in [1.29, 1.82) is 0 Å². The van der Waals surface area contributed by atoms with Gasteiger partial charge in [0.15, 0.2) is 5.11 Å². The first-order valence-electron chi connectivity index (χ1n) is 11.9. The first kappa shape index (κ1) is 23.2. The smallest absolute Gasteiger partial charge is 0.174 e. The summed E-state index contributed by atoms with van der Waals surface area (Å²) in [7, 11) is 0. The average Bonchev–Trinajstić information content (AvgIpc) is 3.36. The van der Waals surface area contributed by atoms with E-state index in [2.05, 4.69) is 70.9 Å². The third-order valence-corrected chi connectivity index (χ3v) is 7.23. The zero-order chi connectivity index (χ0) is 24.7. The average molecular weight is 485 g/mol. The molecule has 0 amide bonds. The maximum atomic E-state index is 14.1. The molecule has 2 atom stereocenters. The van der Waals surface area contributed by atoms with Gasteiger partial charge in [0.2, 0.25) is 0 Å². The molecule has 4 nitrogen and oxygen atoms in total. The molecule has 0 aliphatic carbocycles. The Labute approximate surface area is 211 Å². The van der Waals surface area contributed by atoms with Crippen molar-refractivity contribution in [3.05, 3.63) is 113 Å². The fourth-order valence-electron chi connectivity index (χ4n) is 5.21. The maximum absolute atomic E-state index is 14.1. The Morgan fingerprint density at radius 3 is 2.49 bits per heavy atom. The summed E-state index contributed by atoms with van der Waals surface area (Å²) in [5.74, 6) is -0.223. The topological polar surface area (TPSA) is 33.1 Å². The van der Waals surface area contributed by atoms with Gasteiger partial charge in [0.1, 0.15) is 5.82 Å². The molecule has 1 aliphatic rings. The molecule has 0 spiro atoms. The molecular weight excluding hydrogens is 455 g/mol. The molecule has 1 aliphatic heterocycles. The Balaban J connectivity index is 1.70. The number of nitrogens with one attached hydrogen (secondary N) is 1. The van der Waals surface area contributed by atoms with E-state index in [1.54, 1.807) is 13.0 Å². The number of aryl methyl sites for hydroxylation is 3. The van der Waals surface area contributed by atoms with E-state index >= 15 is 0 Å². The predicted molar refractivity (Wildman–Crippen MR) is 144 cm³/mol. The van der Waals surface area contributed by atoms with Crippen LogP contribution in [0.5, 0.6) is 0 Å². The van der Waals surface area contributed by atoms with Gasteiger partial charge in [0, 0.05) is 29.0 Å².